The van der Waals surface area contributed by atoms with Crippen molar-refractivity contribution in [2.75, 3.05) is 25.0 Å². The predicted octanol–water partition coefficient (Wildman–Crippen LogP) is 3.74. The van der Waals surface area contributed by atoms with Crippen molar-refractivity contribution in [3.63, 3.8) is 0 Å². The Bertz CT molecular complexity index is 963. The van der Waals surface area contributed by atoms with Gasteiger partial charge in [-0.15, -0.1) is 0 Å². The molecule has 1 aliphatic rings. The maximum Gasteiger partial charge on any atom is 0.243 e. The Morgan fingerprint density at radius 2 is 1.76 bits per heavy atom. The van der Waals surface area contributed by atoms with Crippen LogP contribution >= 0.6 is 0 Å². The molecule has 156 valence electrons. The molecule has 0 spiro atoms. The van der Waals surface area contributed by atoms with Gasteiger partial charge in [0.25, 0.3) is 0 Å². The number of rotatable bonds is 6. The van der Waals surface area contributed by atoms with E-state index in [0.717, 1.165) is 16.8 Å². The molecule has 0 atom stereocenters. The molecule has 2 aromatic rings. The van der Waals surface area contributed by atoms with Gasteiger partial charge in [0.15, 0.2) is 0 Å². The average molecular weight is 417 g/mol. The molecule has 7 heteroatoms. The first-order valence-electron chi connectivity index (χ1n) is 9.92. The van der Waals surface area contributed by atoms with Crippen molar-refractivity contribution in [3.8, 4) is 5.75 Å². The molecule has 0 aliphatic carbocycles. The lowest BCUT2D eigenvalue weighted by Gasteiger charge is -2.30. The fourth-order valence-electron chi connectivity index (χ4n) is 3.49. The normalized spacial score (nSPS) is 15.8. The third kappa shape index (κ3) is 4.97. The summed E-state index contributed by atoms with van der Waals surface area (Å²) in [5, 5.41) is 2.93. The highest BCUT2D eigenvalue weighted by molar-refractivity contribution is 7.89. The Labute approximate surface area is 172 Å². The monoisotopic (exact) mass is 416 g/mol. The first-order valence-corrected chi connectivity index (χ1v) is 11.4. The topological polar surface area (TPSA) is 75.7 Å². The molecule has 1 fully saturated rings. The van der Waals surface area contributed by atoms with Gasteiger partial charge < -0.3 is 10.1 Å². The second kappa shape index (κ2) is 8.97. The van der Waals surface area contributed by atoms with Crippen LogP contribution in [0.5, 0.6) is 5.75 Å². The van der Waals surface area contributed by atoms with Gasteiger partial charge in [-0.1, -0.05) is 17.7 Å². The van der Waals surface area contributed by atoms with Crippen LogP contribution < -0.4 is 10.1 Å². The summed E-state index contributed by atoms with van der Waals surface area (Å²) in [6.07, 6.45) is 1.01. The zero-order chi connectivity index (χ0) is 21.0. The lowest BCUT2D eigenvalue weighted by Crippen LogP contribution is -2.41. The Hall–Kier alpha value is -2.38. The molecule has 29 heavy (non-hydrogen) atoms. The number of hydrogen-bond donors (Lipinski definition) is 1. The van der Waals surface area contributed by atoms with Gasteiger partial charge in [-0.25, -0.2) is 8.42 Å². The quantitative estimate of drug-likeness (QED) is 0.778. The summed E-state index contributed by atoms with van der Waals surface area (Å²) in [6, 6.07) is 12.6. The summed E-state index contributed by atoms with van der Waals surface area (Å²) < 4.78 is 32.9. The lowest BCUT2D eigenvalue weighted by molar-refractivity contribution is -0.120. The summed E-state index contributed by atoms with van der Waals surface area (Å²) >= 11 is 0. The van der Waals surface area contributed by atoms with Crippen LogP contribution in [0.25, 0.3) is 0 Å². The standard InChI is InChI=1S/C22H28N2O4S/c1-4-28-21-10-9-20(15-17(21)3)29(26,27)24-13-11-18(12-14-24)22(25)23-19-7-5-16(2)6-8-19/h5-10,15,18H,4,11-14H2,1-3H3,(H,23,25). The number of carbonyl (C=O) groups excluding carboxylic acids is 1. The van der Waals surface area contributed by atoms with Crippen molar-refractivity contribution < 1.29 is 17.9 Å². The van der Waals surface area contributed by atoms with Crippen LogP contribution in [0.1, 0.15) is 30.9 Å². The van der Waals surface area contributed by atoms with Gasteiger partial charge in [0, 0.05) is 24.7 Å². The summed E-state index contributed by atoms with van der Waals surface area (Å²) in [4.78, 5) is 12.8. The number of benzene rings is 2. The second-order valence-electron chi connectivity index (χ2n) is 7.39. The number of piperidine rings is 1. The van der Waals surface area contributed by atoms with Crippen molar-refractivity contribution in [2.45, 2.75) is 38.5 Å². The number of hydrogen-bond acceptors (Lipinski definition) is 4. The van der Waals surface area contributed by atoms with E-state index < -0.39 is 10.0 Å². The predicted molar refractivity (Wildman–Crippen MR) is 114 cm³/mol. The van der Waals surface area contributed by atoms with E-state index in [1.165, 1.54) is 4.31 Å². The molecule has 1 heterocycles. The molecule has 1 aliphatic heterocycles. The minimum Gasteiger partial charge on any atom is -0.494 e. The number of sulfonamides is 1. The van der Waals surface area contributed by atoms with Crippen molar-refractivity contribution >= 4 is 21.6 Å². The van der Waals surface area contributed by atoms with Gasteiger partial charge in [0.1, 0.15) is 5.75 Å². The Morgan fingerprint density at radius 1 is 1.10 bits per heavy atom. The van der Waals surface area contributed by atoms with Crippen molar-refractivity contribution in [3.05, 3.63) is 53.6 Å². The fraction of sp³-hybridized carbons (Fsp3) is 0.409. The van der Waals surface area contributed by atoms with Gasteiger partial charge in [-0.3, -0.25) is 4.79 Å². The third-order valence-electron chi connectivity index (χ3n) is 5.23. The number of amides is 1. The van der Waals surface area contributed by atoms with Crippen LogP contribution in [0.4, 0.5) is 5.69 Å². The van der Waals surface area contributed by atoms with Crippen LogP contribution in [-0.4, -0.2) is 38.3 Å². The van der Waals surface area contributed by atoms with Crippen LogP contribution in [0, 0.1) is 19.8 Å². The van der Waals surface area contributed by atoms with Gasteiger partial charge >= 0.3 is 0 Å². The Balaban J connectivity index is 1.62. The number of carbonyl (C=O) groups is 1. The average Bonchev–Trinajstić information content (AvgIpc) is 2.71. The zero-order valence-electron chi connectivity index (χ0n) is 17.1. The van der Waals surface area contributed by atoms with E-state index in [1.807, 2.05) is 45.0 Å². The highest BCUT2D eigenvalue weighted by Gasteiger charge is 2.32. The van der Waals surface area contributed by atoms with Crippen LogP contribution in [0.15, 0.2) is 47.4 Å². The molecule has 2 aromatic carbocycles. The molecule has 1 saturated heterocycles. The highest BCUT2D eigenvalue weighted by atomic mass is 32.2. The van der Waals surface area contributed by atoms with Crippen LogP contribution in [-0.2, 0) is 14.8 Å². The first kappa shape index (κ1) is 21.3. The van der Waals surface area contributed by atoms with E-state index in [9.17, 15) is 13.2 Å². The summed E-state index contributed by atoms with van der Waals surface area (Å²) in [7, 11) is -3.58. The van der Waals surface area contributed by atoms with E-state index in [0.29, 0.717) is 38.3 Å². The molecular weight excluding hydrogens is 388 g/mol. The molecule has 0 aromatic heterocycles. The SMILES string of the molecule is CCOc1ccc(S(=O)(=O)N2CCC(C(=O)Nc3ccc(C)cc3)CC2)cc1C. The second-order valence-corrected chi connectivity index (χ2v) is 9.33. The molecule has 3 rings (SSSR count). The van der Waals surface area contributed by atoms with Gasteiger partial charge in [-0.05, 0) is 69.5 Å². The first-order chi connectivity index (χ1) is 13.8. The van der Waals surface area contributed by atoms with E-state index in [-0.39, 0.29) is 16.7 Å². The minimum absolute atomic E-state index is 0.0530. The summed E-state index contributed by atoms with van der Waals surface area (Å²) in [5.74, 6) is 0.450. The highest BCUT2D eigenvalue weighted by Crippen LogP contribution is 2.28. The van der Waals surface area contributed by atoms with Gasteiger partial charge in [0.05, 0.1) is 11.5 Å². The zero-order valence-corrected chi connectivity index (χ0v) is 18.0. The van der Waals surface area contributed by atoms with E-state index in [1.54, 1.807) is 18.2 Å². The van der Waals surface area contributed by atoms with Gasteiger partial charge in [0.2, 0.25) is 15.9 Å². The molecule has 0 radical (unpaired) electrons. The van der Waals surface area contributed by atoms with Crippen LogP contribution in [0.2, 0.25) is 0 Å². The lowest BCUT2D eigenvalue weighted by atomic mass is 9.97. The van der Waals surface area contributed by atoms with E-state index >= 15 is 0 Å². The molecule has 6 nitrogen and oxygen atoms in total. The maximum absolute atomic E-state index is 13.0. The largest absolute Gasteiger partial charge is 0.494 e. The van der Waals surface area contributed by atoms with E-state index in [4.69, 9.17) is 4.74 Å². The molecular formula is C22H28N2O4S. The Morgan fingerprint density at radius 3 is 2.34 bits per heavy atom. The number of anilines is 1. The van der Waals surface area contributed by atoms with Crippen molar-refractivity contribution in [1.29, 1.82) is 0 Å². The van der Waals surface area contributed by atoms with Gasteiger partial charge in [-0.2, -0.15) is 4.31 Å². The minimum atomic E-state index is -3.58. The molecule has 1 amide bonds. The van der Waals surface area contributed by atoms with Crippen LogP contribution in [0.3, 0.4) is 0 Å². The fourth-order valence-corrected chi connectivity index (χ4v) is 5.04. The summed E-state index contributed by atoms with van der Waals surface area (Å²) in [5.41, 5.74) is 2.69. The van der Waals surface area contributed by atoms with Crippen molar-refractivity contribution in [1.82, 2.24) is 4.31 Å². The smallest absolute Gasteiger partial charge is 0.243 e. The number of nitrogens with one attached hydrogen (secondary N) is 1. The molecule has 1 N–H and O–H groups in total. The number of ether oxygens (including phenoxy) is 1. The third-order valence-corrected chi connectivity index (χ3v) is 7.12. The number of aryl methyl sites for hydroxylation is 2. The maximum atomic E-state index is 13.0. The Kier molecular flexibility index (Phi) is 6.59. The molecule has 0 saturated carbocycles. The molecule has 0 unspecified atom stereocenters. The van der Waals surface area contributed by atoms with Crippen molar-refractivity contribution in [2.24, 2.45) is 5.92 Å². The summed E-state index contributed by atoms with van der Waals surface area (Å²) in [6.45, 7) is 6.93. The molecule has 0 bridgehead atoms. The van der Waals surface area contributed by atoms with E-state index in [2.05, 4.69) is 5.32 Å². The number of nitrogens with zero attached hydrogens (tertiary/aromatic N) is 1.